The molecule has 4 heteroatoms. The second kappa shape index (κ2) is 8.23. The molecule has 27 heavy (non-hydrogen) atoms. The molecule has 3 rings (SSSR count). The normalized spacial score (nSPS) is 13.2. The minimum atomic E-state index is -0.277. The van der Waals surface area contributed by atoms with Crippen molar-refractivity contribution in [3.8, 4) is 0 Å². The number of nitrogens with one attached hydrogen (secondary N) is 1. The fourth-order valence-electron chi connectivity index (χ4n) is 3.49. The zero-order valence-electron chi connectivity index (χ0n) is 16.3. The molecule has 140 valence electrons. The second-order valence-electron chi connectivity index (χ2n) is 7.15. The molecular weight excluding hydrogens is 336 g/mol. The number of hydrogen-bond acceptors (Lipinski definition) is 2. The summed E-state index contributed by atoms with van der Waals surface area (Å²) in [7, 11) is 0. The molecule has 3 N–H and O–H groups in total. The van der Waals surface area contributed by atoms with Crippen LogP contribution in [-0.4, -0.2) is 11.9 Å². The smallest absolute Gasteiger partial charge is 0.282 e. The molecule has 2 aromatic carbocycles. The number of hydrogen-bond donors (Lipinski definition) is 2. The SMILES string of the molecule is Cc1cc(C)c(NC(=O)[C@H](C)[NH2+][C@H](c2ccccc2)c2ccco2)c(C)c1. The Kier molecular flexibility index (Phi) is 5.77. The lowest BCUT2D eigenvalue weighted by molar-refractivity contribution is -0.706. The third kappa shape index (κ3) is 4.47. The molecule has 1 heterocycles. The molecule has 0 unspecified atom stereocenters. The zero-order valence-corrected chi connectivity index (χ0v) is 16.3. The van der Waals surface area contributed by atoms with E-state index < -0.39 is 0 Å². The van der Waals surface area contributed by atoms with Gasteiger partial charge in [-0.1, -0.05) is 48.0 Å². The van der Waals surface area contributed by atoms with Crippen LogP contribution in [0.25, 0.3) is 0 Å². The van der Waals surface area contributed by atoms with E-state index in [1.807, 2.05) is 56.4 Å². The molecule has 0 saturated carbocycles. The van der Waals surface area contributed by atoms with Crippen LogP contribution in [0.4, 0.5) is 5.69 Å². The highest BCUT2D eigenvalue weighted by Crippen LogP contribution is 2.22. The summed E-state index contributed by atoms with van der Waals surface area (Å²) in [6.07, 6.45) is 1.67. The van der Waals surface area contributed by atoms with E-state index >= 15 is 0 Å². The minimum absolute atomic E-state index is 0.0162. The van der Waals surface area contributed by atoms with E-state index in [1.165, 1.54) is 5.56 Å². The Bertz CT molecular complexity index is 878. The fourth-order valence-corrected chi connectivity index (χ4v) is 3.49. The summed E-state index contributed by atoms with van der Waals surface area (Å²) in [6.45, 7) is 8.04. The topological polar surface area (TPSA) is 58.9 Å². The van der Waals surface area contributed by atoms with Crippen LogP contribution in [0, 0.1) is 20.8 Å². The minimum Gasteiger partial charge on any atom is -0.463 e. The van der Waals surface area contributed by atoms with Crippen molar-refractivity contribution in [3.05, 3.63) is 88.9 Å². The third-order valence-corrected chi connectivity index (χ3v) is 4.83. The number of quaternary nitrogens is 1. The van der Waals surface area contributed by atoms with Gasteiger partial charge in [0.2, 0.25) is 0 Å². The number of nitrogens with two attached hydrogens (primary N) is 1. The second-order valence-corrected chi connectivity index (χ2v) is 7.15. The zero-order chi connectivity index (χ0) is 19.4. The molecule has 0 saturated heterocycles. The maximum absolute atomic E-state index is 12.9. The highest BCUT2D eigenvalue weighted by Gasteiger charge is 2.27. The van der Waals surface area contributed by atoms with Crippen LogP contribution in [0.2, 0.25) is 0 Å². The van der Waals surface area contributed by atoms with Gasteiger partial charge >= 0.3 is 0 Å². The number of rotatable bonds is 6. The Hall–Kier alpha value is -2.85. The number of carbonyl (C=O) groups excluding carboxylic acids is 1. The van der Waals surface area contributed by atoms with Gasteiger partial charge in [-0.2, -0.15) is 0 Å². The van der Waals surface area contributed by atoms with E-state index in [9.17, 15) is 4.79 Å². The fraction of sp³-hybridized carbons (Fsp3) is 0.261. The number of anilines is 1. The molecule has 0 aliphatic carbocycles. The quantitative estimate of drug-likeness (QED) is 0.698. The van der Waals surface area contributed by atoms with Crippen LogP contribution in [0.15, 0.2) is 65.3 Å². The average molecular weight is 363 g/mol. The number of benzene rings is 2. The summed E-state index contributed by atoms with van der Waals surface area (Å²) < 4.78 is 5.64. The lowest BCUT2D eigenvalue weighted by Gasteiger charge is -2.20. The molecule has 4 nitrogen and oxygen atoms in total. The highest BCUT2D eigenvalue weighted by molar-refractivity contribution is 5.95. The maximum atomic E-state index is 12.9. The lowest BCUT2D eigenvalue weighted by atomic mass is 10.0. The number of furan rings is 1. The Morgan fingerprint density at radius 2 is 1.67 bits per heavy atom. The first kappa shape index (κ1) is 18.9. The molecule has 3 aromatic rings. The molecule has 0 radical (unpaired) electrons. The van der Waals surface area contributed by atoms with Crippen LogP contribution in [0.1, 0.15) is 41.0 Å². The molecule has 2 atom stereocenters. The van der Waals surface area contributed by atoms with E-state index in [0.29, 0.717) is 0 Å². The number of aryl methyl sites for hydroxylation is 3. The molecule has 0 aliphatic rings. The summed E-state index contributed by atoms with van der Waals surface area (Å²) in [5, 5.41) is 5.15. The lowest BCUT2D eigenvalue weighted by Crippen LogP contribution is -2.92. The van der Waals surface area contributed by atoms with Gasteiger partial charge in [-0.15, -0.1) is 0 Å². The number of carbonyl (C=O) groups is 1. The Labute approximate surface area is 160 Å². The molecule has 1 aromatic heterocycles. The van der Waals surface area contributed by atoms with Gasteiger partial charge in [-0.25, -0.2) is 0 Å². The molecule has 0 aliphatic heterocycles. The molecule has 0 fully saturated rings. The van der Waals surface area contributed by atoms with Gasteiger partial charge < -0.3 is 15.1 Å². The molecule has 0 spiro atoms. The van der Waals surface area contributed by atoms with Crippen molar-refractivity contribution in [2.45, 2.75) is 39.8 Å². The summed E-state index contributed by atoms with van der Waals surface area (Å²) in [5.74, 6) is 0.820. The van der Waals surface area contributed by atoms with Crippen LogP contribution in [0.3, 0.4) is 0 Å². The standard InChI is InChI=1S/C23H26N2O2/c1-15-13-16(2)21(17(3)14-15)25-23(26)18(4)24-22(20-11-8-12-27-20)19-9-6-5-7-10-19/h5-14,18,22,24H,1-4H3,(H,25,26)/p+1/t18-,22+/m0/s1. The van der Waals surface area contributed by atoms with Crippen LogP contribution in [-0.2, 0) is 4.79 Å². The number of amides is 1. The largest absolute Gasteiger partial charge is 0.463 e. The molecular formula is C23H27N2O2+. The first-order valence-corrected chi connectivity index (χ1v) is 9.27. The van der Waals surface area contributed by atoms with E-state index in [4.69, 9.17) is 4.42 Å². The Morgan fingerprint density at radius 3 is 2.26 bits per heavy atom. The van der Waals surface area contributed by atoms with E-state index in [-0.39, 0.29) is 18.0 Å². The maximum Gasteiger partial charge on any atom is 0.282 e. The van der Waals surface area contributed by atoms with Gasteiger partial charge in [0, 0.05) is 11.3 Å². The van der Waals surface area contributed by atoms with Gasteiger partial charge in [0.15, 0.2) is 17.8 Å². The van der Waals surface area contributed by atoms with Gasteiger partial charge in [-0.05, 0) is 51.0 Å². The molecule has 1 amide bonds. The highest BCUT2D eigenvalue weighted by atomic mass is 16.3. The van der Waals surface area contributed by atoms with E-state index in [0.717, 1.165) is 28.1 Å². The monoisotopic (exact) mass is 363 g/mol. The summed E-state index contributed by atoms with van der Waals surface area (Å²) in [6, 6.07) is 17.8. The van der Waals surface area contributed by atoms with Crippen molar-refractivity contribution < 1.29 is 14.5 Å². The van der Waals surface area contributed by atoms with Crippen LogP contribution >= 0.6 is 0 Å². The van der Waals surface area contributed by atoms with Gasteiger partial charge in [-0.3, -0.25) is 4.79 Å². The summed E-state index contributed by atoms with van der Waals surface area (Å²) >= 11 is 0. The molecule has 0 bridgehead atoms. The van der Waals surface area contributed by atoms with Crippen molar-refractivity contribution >= 4 is 11.6 Å². The van der Waals surface area contributed by atoms with Crippen molar-refractivity contribution in [1.29, 1.82) is 0 Å². The Morgan fingerprint density at radius 1 is 1.00 bits per heavy atom. The van der Waals surface area contributed by atoms with Crippen molar-refractivity contribution in [1.82, 2.24) is 0 Å². The van der Waals surface area contributed by atoms with Crippen molar-refractivity contribution in [2.24, 2.45) is 0 Å². The predicted molar refractivity (Wildman–Crippen MR) is 108 cm³/mol. The van der Waals surface area contributed by atoms with Gasteiger partial charge in [0.1, 0.15) is 0 Å². The predicted octanol–water partition coefficient (Wildman–Crippen LogP) is 3.88. The first-order chi connectivity index (χ1) is 13.0. The third-order valence-electron chi connectivity index (χ3n) is 4.83. The Balaban J connectivity index is 1.78. The summed E-state index contributed by atoms with van der Waals surface area (Å²) in [5.41, 5.74) is 5.37. The van der Waals surface area contributed by atoms with Gasteiger partial charge in [0.05, 0.1) is 6.26 Å². The van der Waals surface area contributed by atoms with E-state index in [2.05, 4.69) is 36.5 Å². The first-order valence-electron chi connectivity index (χ1n) is 9.27. The van der Waals surface area contributed by atoms with Crippen LogP contribution in [0.5, 0.6) is 0 Å². The summed E-state index contributed by atoms with van der Waals surface area (Å²) in [4.78, 5) is 12.9. The van der Waals surface area contributed by atoms with Crippen molar-refractivity contribution in [2.75, 3.05) is 5.32 Å². The average Bonchev–Trinajstić information content (AvgIpc) is 3.17. The van der Waals surface area contributed by atoms with E-state index in [1.54, 1.807) is 6.26 Å². The van der Waals surface area contributed by atoms with Gasteiger partial charge in [0.25, 0.3) is 5.91 Å². The van der Waals surface area contributed by atoms with Crippen molar-refractivity contribution in [3.63, 3.8) is 0 Å². The van der Waals surface area contributed by atoms with Crippen LogP contribution < -0.4 is 10.6 Å².